The van der Waals surface area contributed by atoms with Crippen molar-refractivity contribution < 1.29 is 19.1 Å². The van der Waals surface area contributed by atoms with E-state index >= 15 is 0 Å². The molecular weight excluding hydrogens is 392 g/mol. The minimum atomic E-state index is -0.288. The summed E-state index contributed by atoms with van der Waals surface area (Å²) in [6.45, 7) is 5.08. The third-order valence-corrected chi connectivity index (χ3v) is 4.88. The Hall–Kier alpha value is -2.99. The summed E-state index contributed by atoms with van der Waals surface area (Å²) in [4.78, 5) is 26.3. The van der Waals surface area contributed by atoms with Gasteiger partial charge in [0.25, 0.3) is 0 Å². The summed E-state index contributed by atoms with van der Waals surface area (Å²) in [6.07, 6.45) is 3.14. The van der Waals surface area contributed by atoms with E-state index < -0.39 is 0 Å². The van der Waals surface area contributed by atoms with E-state index in [1.165, 1.54) is 11.0 Å². The number of carbonyl (C=O) groups is 2. The van der Waals surface area contributed by atoms with Crippen LogP contribution in [0.25, 0.3) is 6.08 Å². The number of anilines is 1. The molecule has 1 N–H and O–H groups in total. The molecule has 3 rings (SSSR count). The van der Waals surface area contributed by atoms with Crippen molar-refractivity contribution in [3.8, 4) is 11.5 Å². The van der Waals surface area contributed by atoms with Crippen molar-refractivity contribution >= 4 is 35.2 Å². The van der Waals surface area contributed by atoms with Gasteiger partial charge in [-0.15, -0.1) is 0 Å². The minimum Gasteiger partial charge on any atom is -0.486 e. The molecule has 0 bridgehead atoms. The van der Waals surface area contributed by atoms with Gasteiger partial charge >= 0.3 is 0 Å². The van der Waals surface area contributed by atoms with Crippen molar-refractivity contribution in [2.45, 2.75) is 13.8 Å². The van der Waals surface area contributed by atoms with E-state index in [1.54, 1.807) is 30.3 Å². The number of ether oxygens (including phenoxy) is 2. The van der Waals surface area contributed by atoms with E-state index in [0.717, 1.165) is 11.1 Å². The van der Waals surface area contributed by atoms with Crippen LogP contribution in [0.5, 0.6) is 11.5 Å². The summed E-state index contributed by atoms with van der Waals surface area (Å²) in [7, 11) is 0. The Balaban J connectivity index is 1.59. The highest BCUT2D eigenvalue weighted by molar-refractivity contribution is 6.31. The van der Waals surface area contributed by atoms with E-state index in [-0.39, 0.29) is 18.4 Å². The number of amides is 2. The zero-order valence-corrected chi connectivity index (χ0v) is 17.2. The lowest BCUT2D eigenvalue weighted by Crippen LogP contribution is -2.36. The molecule has 0 radical (unpaired) electrons. The molecule has 0 aliphatic carbocycles. The molecule has 0 atom stereocenters. The van der Waals surface area contributed by atoms with Gasteiger partial charge < -0.3 is 19.7 Å². The predicted octanol–water partition coefficient (Wildman–Crippen LogP) is 3.92. The number of rotatable bonds is 6. The summed E-state index contributed by atoms with van der Waals surface area (Å²) in [6, 6.07) is 10.8. The number of nitrogens with zero attached hydrogens (tertiary/aromatic N) is 1. The van der Waals surface area contributed by atoms with Crippen LogP contribution in [0.3, 0.4) is 0 Å². The monoisotopic (exact) mass is 414 g/mol. The molecule has 1 aliphatic heterocycles. The van der Waals surface area contributed by atoms with Gasteiger partial charge in [-0.2, -0.15) is 0 Å². The van der Waals surface area contributed by atoms with Gasteiger partial charge in [-0.1, -0.05) is 23.7 Å². The van der Waals surface area contributed by atoms with Crippen LogP contribution in [-0.4, -0.2) is 43.0 Å². The topological polar surface area (TPSA) is 67.9 Å². The fourth-order valence-corrected chi connectivity index (χ4v) is 3.02. The minimum absolute atomic E-state index is 0.0528. The lowest BCUT2D eigenvalue weighted by atomic mass is 10.1. The van der Waals surface area contributed by atoms with Crippen LogP contribution in [0.1, 0.15) is 18.1 Å². The fourth-order valence-electron chi connectivity index (χ4n) is 2.83. The lowest BCUT2D eigenvalue weighted by molar-refractivity contribution is -0.130. The number of halogens is 1. The molecule has 2 amide bonds. The number of hydrogen-bond donors (Lipinski definition) is 1. The molecule has 0 aromatic heterocycles. The first kappa shape index (κ1) is 20.7. The Bertz CT molecular complexity index is 942. The maximum Gasteiger partial charge on any atom is 0.247 e. The van der Waals surface area contributed by atoms with E-state index in [1.807, 2.05) is 26.0 Å². The quantitative estimate of drug-likeness (QED) is 0.727. The average Bonchev–Trinajstić information content (AvgIpc) is 2.72. The number of nitrogens with one attached hydrogen (secondary N) is 1. The zero-order valence-electron chi connectivity index (χ0n) is 16.4. The molecule has 0 saturated heterocycles. The number of aryl methyl sites for hydroxylation is 1. The molecule has 2 aromatic carbocycles. The molecule has 0 spiro atoms. The first-order valence-corrected chi connectivity index (χ1v) is 9.76. The van der Waals surface area contributed by atoms with Crippen molar-refractivity contribution in [3.63, 3.8) is 0 Å². The summed E-state index contributed by atoms with van der Waals surface area (Å²) in [5.74, 6) is 0.711. The van der Waals surface area contributed by atoms with Crippen LogP contribution in [0.2, 0.25) is 5.02 Å². The Morgan fingerprint density at radius 2 is 1.90 bits per heavy atom. The van der Waals surface area contributed by atoms with Crippen LogP contribution >= 0.6 is 11.6 Å². The van der Waals surface area contributed by atoms with Crippen molar-refractivity contribution in [3.05, 3.63) is 58.6 Å². The Morgan fingerprint density at radius 1 is 1.14 bits per heavy atom. The van der Waals surface area contributed by atoms with Crippen molar-refractivity contribution in [1.82, 2.24) is 4.90 Å². The molecular formula is C22H23ClN2O4. The molecule has 0 fully saturated rings. The zero-order chi connectivity index (χ0) is 20.8. The van der Waals surface area contributed by atoms with E-state index in [2.05, 4.69) is 5.32 Å². The number of benzene rings is 2. The third-order valence-electron chi connectivity index (χ3n) is 4.47. The molecule has 0 unspecified atom stereocenters. The molecule has 2 aromatic rings. The molecule has 0 saturated carbocycles. The maximum atomic E-state index is 12.5. The molecule has 1 heterocycles. The van der Waals surface area contributed by atoms with Crippen molar-refractivity contribution in [1.29, 1.82) is 0 Å². The first-order chi connectivity index (χ1) is 14.0. The van der Waals surface area contributed by atoms with E-state index in [0.29, 0.717) is 42.0 Å². The molecule has 29 heavy (non-hydrogen) atoms. The second-order valence-corrected chi connectivity index (χ2v) is 7.01. The molecule has 152 valence electrons. The van der Waals surface area contributed by atoms with Crippen LogP contribution in [0, 0.1) is 6.92 Å². The smallest absolute Gasteiger partial charge is 0.247 e. The van der Waals surface area contributed by atoms with Gasteiger partial charge in [0.05, 0.1) is 0 Å². The third kappa shape index (κ3) is 5.51. The first-order valence-electron chi connectivity index (χ1n) is 9.39. The van der Waals surface area contributed by atoms with E-state index in [9.17, 15) is 9.59 Å². The normalized spacial score (nSPS) is 12.7. The maximum absolute atomic E-state index is 12.5. The SMILES string of the molecule is CCN(CC(=O)Nc1ccc2c(c1)OCCO2)C(=O)/C=C/c1ccc(C)c(Cl)c1. The average molecular weight is 415 g/mol. The van der Waals surface area contributed by atoms with Gasteiger partial charge in [0.2, 0.25) is 11.8 Å². The highest BCUT2D eigenvalue weighted by Gasteiger charge is 2.16. The molecule has 1 aliphatic rings. The van der Waals surface area contributed by atoms with Gasteiger partial charge in [0, 0.05) is 29.4 Å². The Morgan fingerprint density at radius 3 is 2.62 bits per heavy atom. The molecule has 7 heteroatoms. The van der Waals surface area contributed by atoms with E-state index in [4.69, 9.17) is 21.1 Å². The highest BCUT2D eigenvalue weighted by Crippen LogP contribution is 2.32. The summed E-state index contributed by atoms with van der Waals surface area (Å²) < 4.78 is 11.0. The van der Waals surface area contributed by atoms with Gasteiger partial charge in [-0.25, -0.2) is 0 Å². The van der Waals surface area contributed by atoms with Crippen LogP contribution in [-0.2, 0) is 9.59 Å². The van der Waals surface area contributed by atoms with Crippen molar-refractivity contribution in [2.24, 2.45) is 0 Å². The van der Waals surface area contributed by atoms with Crippen LogP contribution in [0.15, 0.2) is 42.5 Å². The van der Waals surface area contributed by atoms with Crippen LogP contribution in [0.4, 0.5) is 5.69 Å². The fraction of sp³-hybridized carbons (Fsp3) is 0.273. The number of carbonyl (C=O) groups excluding carboxylic acids is 2. The van der Waals surface area contributed by atoms with Crippen LogP contribution < -0.4 is 14.8 Å². The second kappa shape index (κ2) is 9.47. The van der Waals surface area contributed by atoms with Gasteiger partial charge in [-0.3, -0.25) is 9.59 Å². The molecule has 6 nitrogen and oxygen atoms in total. The summed E-state index contributed by atoms with van der Waals surface area (Å²) >= 11 is 6.11. The number of likely N-dealkylation sites (N-methyl/N-ethyl adjacent to an activating group) is 1. The number of fused-ring (bicyclic) bond motifs is 1. The Kier molecular flexibility index (Phi) is 6.77. The summed E-state index contributed by atoms with van der Waals surface area (Å²) in [5, 5.41) is 3.43. The Labute approximate surface area is 175 Å². The van der Waals surface area contributed by atoms with Gasteiger partial charge in [-0.05, 0) is 49.2 Å². The lowest BCUT2D eigenvalue weighted by Gasteiger charge is -2.20. The largest absolute Gasteiger partial charge is 0.486 e. The van der Waals surface area contributed by atoms with Gasteiger partial charge in [0.15, 0.2) is 11.5 Å². The van der Waals surface area contributed by atoms with Crippen molar-refractivity contribution in [2.75, 3.05) is 31.6 Å². The summed E-state index contributed by atoms with van der Waals surface area (Å²) in [5.41, 5.74) is 2.39. The predicted molar refractivity (Wildman–Crippen MR) is 114 cm³/mol. The standard InChI is InChI=1S/C22H23ClN2O4/c1-3-25(22(27)9-6-16-5-4-15(2)18(23)12-16)14-21(26)24-17-7-8-19-20(13-17)29-11-10-28-19/h4-9,12-13H,3,10-11,14H2,1-2H3,(H,24,26)/b9-6+. The van der Waals surface area contributed by atoms with Gasteiger partial charge in [0.1, 0.15) is 19.8 Å². The second-order valence-electron chi connectivity index (χ2n) is 6.60. The number of hydrogen-bond acceptors (Lipinski definition) is 4. The highest BCUT2D eigenvalue weighted by atomic mass is 35.5.